The molecular weight excluding hydrogens is 448 g/mol. The standard InChI is InChI=1S/C29H29F2NO3/c1-35-28-17-27(32-13-10-19(18-33)11-14-32)24(20-5-3-2-4-6-20)16-25(28)22-9-12-29(30,31)26-15-21(34)7-8-23(22)26/h2-8,15-19,22,34H,9-14H2,1H3/t22-/m1/s1. The van der Waals surface area contributed by atoms with Crippen LogP contribution in [0.2, 0.25) is 0 Å². The Kier molecular flexibility index (Phi) is 6.22. The molecule has 0 bridgehead atoms. The lowest BCUT2D eigenvalue weighted by Crippen LogP contribution is -2.34. The molecule has 3 aromatic carbocycles. The Balaban J connectivity index is 1.65. The first-order valence-corrected chi connectivity index (χ1v) is 12.1. The van der Waals surface area contributed by atoms with Gasteiger partial charge in [-0.25, -0.2) is 8.78 Å². The lowest BCUT2D eigenvalue weighted by atomic mass is 9.76. The molecule has 0 aromatic heterocycles. The maximum Gasteiger partial charge on any atom is 0.273 e. The molecule has 1 fully saturated rings. The van der Waals surface area contributed by atoms with E-state index in [2.05, 4.69) is 11.0 Å². The van der Waals surface area contributed by atoms with E-state index in [1.54, 1.807) is 13.2 Å². The number of hydrogen-bond acceptors (Lipinski definition) is 4. The first-order chi connectivity index (χ1) is 16.9. The van der Waals surface area contributed by atoms with Gasteiger partial charge in [0, 0.05) is 59.8 Å². The molecule has 1 heterocycles. The van der Waals surface area contributed by atoms with E-state index in [-0.39, 0.29) is 36.0 Å². The fourth-order valence-corrected chi connectivity index (χ4v) is 5.53. The zero-order valence-corrected chi connectivity index (χ0v) is 19.7. The number of hydrogen-bond donors (Lipinski definition) is 1. The third kappa shape index (κ3) is 4.38. The van der Waals surface area contributed by atoms with Crippen LogP contribution in [-0.4, -0.2) is 31.6 Å². The second-order valence-electron chi connectivity index (χ2n) is 9.51. The molecule has 1 aliphatic heterocycles. The number of aldehydes is 1. The highest BCUT2D eigenvalue weighted by atomic mass is 19.3. The molecule has 1 saturated heterocycles. The molecular formula is C29H29F2NO3. The summed E-state index contributed by atoms with van der Waals surface area (Å²) in [5, 5.41) is 9.90. The highest BCUT2D eigenvalue weighted by Crippen LogP contribution is 2.51. The van der Waals surface area contributed by atoms with Crippen LogP contribution in [0.25, 0.3) is 11.1 Å². The Morgan fingerprint density at radius 1 is 1.00 bits per heavy atom. The number of alkyl halides is 2. The fraction of sp³-hybridized carbons (Fsp3) is 0.345. The number of aromatic hydroxyl groups is 1. The molecule has 0 saturated carbocycles. The van der Waals surface area contributed by atoms with Gasteiger partial charge in [-0.1, -0.05) is 36.4 Å². The molecule has 1 atom stereocenters. The Morgan fingerprint density at radius 3 is 2.43 bits per heavy atom. The van der Waals surface area contributed by atoms with E-state index < -0.39 is 5.92 Å². The van der Waals surface area contributed by atoms with E-state index in [1.807, 2.05) is 36.4 Å². The average Bonchev–Trinajstić information content (AvgIpc) is 2.89. The molecule has 3 aromatic rings. The summed E-state index contributed by atoms with van der Waals surface area (Å²) in [5.41, 5.74) is 4.35. The number of ether oxygens (including phenoxy) is 1. The van der Waals surface area contributed by atoms with Crippen LogP contribution in [0, 0.1) is 5.92 Å². The van der Waals surface area contributed by atoms with E-state index in [4.69, 9.17) is 4.74 Å². The van der Waals surface area contributed by atoms with Crippen LogP contribution in [0.1, 0.15) is 48.3 Å². The predicted octanol–water partition coefficient (Wildman–Crippen LogP) is 6.50. The number of benzene rings is 3. The number of phenols is 1. The molecule has 6 heteroatoms. The van der Waals surface area contributed by atoms with Gasteiger partial charge in [-0.3, -0.25) is 0 Å². The summed E-state index contributed by atoms with van der Waals surface area (Å²) in [4.78, 5) is 13.6. The molecule has 182 valence electrons. The molecule has 4 nitrogen and oxygen atoms in total. The first-order valence-electron chi connectivity index (χ1n) is 12.1. The largest absolute Gasteiger partial charge is 0.508 e. The van der Waals surface area contributed by atoms with Crippen LogP contribution in [0.3, 0.4) is 0 Å². The summed E-state index contributed by atoms with van der Waals surface area (Å²) in [6.07, 6.45) is 2.64. The molecule has 0 unspecified atom stereocenters. The zero-order valence-electron chi connectivity index (χ0n) is 19.7. The Labute approximate surface area is 204 Å². The minimum Gasteiger partial charge on any atom is -0.508 e. The lowest BCUT2D eigenvalue weighted by molar-refractivity contribution is -0.111. The van der Waals surface area contributed by atoms with Gasteiger partial charge in [-0.2, -0.15) is 0 Å². The number of rotatable bonds is 5. The smallest absolute Gasteiger partial charge is 0.273 e. The van der Waals surface area contributed by atoms with Gasteiger partial charge in [-0.05, 0) is 48.6 Å². The second kappa shape index (κ2) is 9.33. The van der Waals surface area contributed by atoms with Gasteiger partial charge in [0.05, 0.1) is 7.11 Å². The molecule has 0 amide bonds. The number of halogens is 2. The normalized spacial score (nSPS) is 19.7. The van der Waals surface area contributed by atoms with Gasteiger partial charge in [-0.15, -0.1) is 0 Å². The topological polar surface area (TPSA) is 49.8 Å². The molecule has 5 rings (SSSR count). The summed E-state index contributed by atoms with van der Waals surface area (Å²) in [6, 6.07) is 18.4. The second-order valence-corrected chi connectivity index (χ2v) is 9.51. The van der Waals surface area contributed by atoms with Gasteiger partial charge < -0.3 is 19.5 Å². The SMILES string of the molecule is COc1cc(N2CCC(C=O)CC2)c(-c2ccccc2)cc1[C@@H]1CCC(F)(F)c2cc(O)ccc21. The van der Waals surface area contributed by atoms with Crippen molar-refractivity contribution in [2.45, 2.75) is 37.5 Å². The zero-order chi connectivity index (χ0) is 24.6. The third-order valence-corrected chi connectivity index (χ3v) is 7.43. The number of methoxy groups -OCH3 is 1. The summed E-state index contributed by atoms with van der Waals surface area (Å²) >= 11 is 0. The highest BCUT2D eigenvalue weighted by molar-refractivity contribution is 5.82. The van der Waals surface area contributed by atoms with Crippen molar-refractivity contribution in [3.63, 3.8) is 0 Å². The monoisotopic (exact) mass is 477 g/mol. The van der Waals surface area contributed by atoms with Gasteiger partial charge >= 0.3 is 0 Å². The molecule has 1 N–H and O–H groups in total. The Bertz CT molecular complexity index is 1220. The summed E-state index contributed by atoms with van der Waals surface area (Å²) in [7, 11) is 1.61. The van der Waals surface area contributed by atoms with Crippen molar-refractivity contribution in [1.29, 1.82) is 0 Å². The van der Waals surface area contributed by atoms with Gasteiger partial charge in [0.25, 0.3) is 5.92 Å². The summed E-state index contributed by atoms with van der Waals surface area (Å²) < 4.78 is 35.4. The van der Waals surface area contributed by atoms with Crippen molar-refractivity contribution in [1.82, 2.24) is 0 Å². The molecule has 0 spiro atoms. The van der Waals surface area contributed by atoms with E-state index >= 15 is 0 Å². The molecule has 0 radical (unpaired) electrons. The summed E-state index contributed by atoms with van der Waals surface area (Å²) in [6.45, 7) is 1.53. The van der Waals surface area contributed by atoms with Crippen molar-refractivity contribution in [2.24, 2.45) is 5.92 Å². The van der Waals surface area contributed by atoms with Crippen LogP contribution < -0.4 is 9.64 Å². The number of anilines is 1. The van der Waals surface area contributed by atoms with Crippen LogP contribution in [0.15, 0.2) is 60.7 Å². The van der Waals surface area contributed by atoms with Gasteiger partial charge in [0.2, 0.25) is 0 Å². The number of piperidine rings is 1. The maximum absolute atomic E-state index is 14.8. The fourth-order valence-electron chi connectivity index (χ4n) is 5.53. The minimum atomic E-state index is -2.98. The van der Waals surface area contributed by atoms with E-state index in [1.165, 1.54) is 12.1 Å². The molecule has 1 aliphatic carbocycles. The number of carbonyl (C=O) groups excluding carboxylic acids is 1. The van der Waals surface area contributed by atoms with Crippen molar-refractivity contribution in [3.05, 3.63) is 77.4 Å². The van der Waals surface area contributed by atoms with Crippen LogP contribution in [-0.2, 0) is 10.7 Å². The van der Waals surface area contributed by atoms with Crippen molar-refractivity contribution >= 4 is 12.0 Å². The van der Waals surface area contributed by atoms with E-state index in [0.717, 1.165) is 54.6 Å². The number of phenolic OH excluding ortho intramolecular Hbond substituents is 1. The number of fused-ring (bicyclic) bond motifs is 1. The Morgan fingerprint density at radius 2 is 1.74 bits per heavy atom. The third-order valence-electron chi connectivity index (χ3n) is 7.43. The Hall–Kier alpha value is -3.41. The quantitative estimate of drug-likeness (QED) is 0.426. The van der Waals surface area contributed by atoms with Gasteiger partial charge in [0.15, 0.2) is 0 Å². The molecule has 2 aliphatic rings. The van der Waals surface area contributed by atoms with Crippen molar-refractivity contribution < 1.29 is 23.4 Å². The van der Waals surface area contributed by atoms with Crippen LogP contribution >= 0.6 is 0 Å². The lowest BCUT2D eigenvalue weighted by Gasteiger charge is -2.35. The number of nitrogens with zero attached hydrogens (tertiary/aromatic N) is 1. The minimum absolute atomic E-state index is 0.0874. The maximum atomic E-state index is 14.8. The van der Waals surface area contributed by atoms with Crippen molar-refractivity contribution in [2.75, 3.05) is 25.1 Å². The average molecular weight is 478 g/mol. The van der Waals surface area contributed by atoms with Crippen LogP contribution in [0.5, 0.6) is 11.5 Å². The summed E-state index contributed by atoms with van der Waals surface area (Å²) in [5.74, 6) is -2.67. The predicted molar refractivity (Wildman–Crippen MR) is 133 cm³/mol. The van der Waals surface area contributed by atoms with Gasteiger partial charge in [0.1, 0.15) is 17.8 Å². The van der Waals surface area contributed by atoms with Crippen molar-refractivity contribution in [3.8, 4) is 22.6 Å². The number of carbonyl (C=O) groups is 1. The first kappa shape index (κ1) is 23.3. The van der Waals surface area contributed by atoms with E-state index in [9.17, 15) is 18.7 Å². The highest BCUT2D eigenvalue weighted by Gasteiger charge is 2.42. The van der Waals surface area contributed by atoms with E-state index in [0.29, 0.717) is 11.3 Å². The van der Waals surface area contributed by atoms with Crippen LogP contribution in [0.4, 0.5) is 14.5 Å². The molecule has 35 heavy (non-hydrogen) atoms.